The average Bonchev–Trinajstić information content (AvgIpc) is 2.85. The molecule has 0 saturated carbocycles. The van der Waals surface area contributed by atoms with Crippen LogP contribution in [-0.2, 0) is 4.65 Å². The van der Waals surface area contributed by atoms with Crippen LogP contribution in [0, 0.1) is 5.82 Å². The van der Waals surface area contributed by atoms with Gasteiger partial charge in [0.15, 0.2) is 10.8 Å². The molecule has 3 rings (SSSR count). The molecule has 0 radical (unpaired) electrons. The van der Waals surface area contributed by atoms with Crippen molar-refractivity contribution in [2.24, 2.45) is 0 Å². The van der Waals surface area contributed by atoms with Crippen molar-refractivity contribution in [1.29, 1.82) is 0 Å². The smallest absolute Gasteiger partial charge is 0.423 e. The Morgan fingerprint density at radius 3 is 2.67 bits per heavy atom. The van der Waals surface area contributed by atoms with Gasteiger partial charge >= 0.3 is 7.12 Å². The van der Waals surface area contributed by atoms with Gasteiger partial charge in [-0.3, -0.25) is 0 Å². The van der Waals surface area contributed by atoms with E-state index < -0.39 is 7.12 Å². The molecule has 8 heteroatoms. The number of halogens is 2. The lowest BCUT2D eigenvalue weighted by atomic mass is 9.78. The summed E-state index contributed by atoms with van der Waals surface area (Å²) in [6.45, 7) is 0. The zero-order chi connectivity index (χ0) is 15.0. The number of fused-ring (bicyclic) bond motifs is 1. The molecule has 0 saturated heterocycles. The van der Waals surface area contributed by atoms with Gasteiger partial charge in [-0.2, -0.15) is 5.10 Å². The zero-order valence-corrected chi connectivity index (χ0v) is 11.8. The largest absolute Gasteiger partial charge is 0.491 e. The molecular weight excluding hydrogens is 295 g/mol. The highest BCUT2D eigenvalue weighted by Crippen LogP contribution is 2.23. The van der Waals surface area contributed by atoms with E-state index in [1.165, 1.54) is 30.1 Å². The Morgan fingerprint density at radius 2 is 2.00 bits per heavy atom. The number of rotatable bonds is 3. The summed E-state index contributed by atoms with van der Waals surface area (Å²) in [5.74, 6) is -0.343. The molecule has 0 amide bonds. The minimum absolute atomic E-state index is 0.188. The van der Waals surface area contributed by atoms with Gasteiger partial charge in [0.1, 0.15) is 5.82 Å². The summed E-state index contributed by atoms with van der Waals surface area (Å²) in [7, 11) is 0.258. The summed E-state index contributed by atoms with van der Waals surface area (Å²) in [6.07, 6.45) is 1.53. The van der Waals surface area contributed by atoms with Crippen molar-refractivity contribution < 1.29 is 14.1 Å². The van der Waals surface area contributed by atoms with E-state index in [1.54, 1.807) is 18.2 Å². The standard InChI is InChI=1S/C13H10BClFN3O2/c1-21-14(20)10-6-7-17-13-11(10)12(15)18-19(13)9-4-2-8(16)3-5-9/h2-7,20H,1H3. The monoisotopic (exact) mass is 305 g/mol. The zero-order valence-electron chi connectivity index (χ0n) is 11.0. The van der Waals surface area contributed by atoms with Crippen LogP contribution in [-0.4, -0.2) is 34.0 Å². The van der Waals surface area contributed by atoms with Gasteiger partial charge in [0.05, 0.1) is 11.1 Å². The molecule has 2 aromatic heterocycles. The Morgan fingerprint density at radius 1 is 1.29 bits per heavy atom. The first-order valence-electron chi connectivity index (χ1n) is 6.11. The Balaban J connectivity index is 2.24. The predicted molar refractivity (Wildman–Crippen MR) is 78.4 cm³/mol. The molecule has 0 aliphatic heterocycles. The quantitative estimate of drug-likeness (QED) is 0.746. The number of benzene rings is 1. The predicted octanol–water partition coefficient (Wildman–Crippen LogP) is 1.55. The molecule has 106 valence electrons. The van der Waals surface area contributed by atoms with Crippen molar-refractivity contribution in [2.75, 3.05) is 7.11 Å². The van der Waals surface area contributed by atoms with Crippen LogP contribution in [0.25, 0.3) is 16.7 Å². The second-order valence-corrected chi connectivity index (χ2v) is 4.72. The van der Waals surface area contributed by atoms with E-state index in [-0.39, 0.29) is 11.0 Å². The van der Waals surface area contributed by atoms with E-state index in [2.05, 4.69) is 10.1 Å². The van der Waals surface area contributed by atoms with E-state index >= 15 is 0 Å². The van der Waals surface area contributed by atoms with Crippen LogP contribution < -0.4 is 5.46 Å². The van der Waals surface area contributed by atoms with Crippen molar-refractivity contribution in [3.8, 4) is 5.69 Å². The maximum Gasteiger partial charge on any atom is 0.491 e. The fourth-order valence-electron chi connectivity index (χ4n) is 2.12. The number of hydrogen-bond acceptors (Lipinski definition) is 4. The molecule has 21 heavy (non-hydrogen) atoms. The van der Waals surface area contributed by atoms with Gasteiger partial charge in [-0.05, 0) is 35.8 Å². The van der Waals surface area contributed by atoms with Crippen LogP contribution in [0.5, 0.6) is 0 Å². The lowest BCUT2D eigenvalue weighted by molar-refractivity contribution is 0.342. The van der Waals surface area contributed by atoms with Crippen LogP contribution in [0.2, 0.25) is 5.15 Å². The van der Waals surface area contributed by atoms with E-state index in [0.29, 0.717) is 22.2 Å². The highest BCUT2D eigenvalue weighted by Gasteiger charge is 2.23. The van der Waals surface area contributed by atoms with Crippen LogP contribution >= 0.6 is 11.6 Å². The lowest BCUT2D eigenvalue weighted by Gasteiger charge is -2.06. The van der Waals surface area contributed by atoms with Crippen molar-refractivity contribution in [2.45, 2.75) is 0 Å². The molecule has 0 spiro atoms. The summed E-state index contributed by atoms with van der Waals surface area (Å²) < 4.78 is 19.4. The van der Waals surface area contributed by atoms with Crippen LogP contribution in [0.4, 0.5) is 4.39 Å². The summed E-state index contributed by atoms with van der Waals surface area (Å²) in [5, 5.41) is 14.8. The van der Waals surface area contributed by atoms with E-state index in [9.17, 15) is 9.41 Å². The molecule has 0 bridgehead atoms. The molecule has 3 aromatic rings. The minimum atomic E-state index is -1.13. The van der Waals surface area contributed by atoms with Crippen molar-refractivity contribution in [3.05, 3.63) is 47.5 Å². The SMILES string of the molecule is COB(O)c1ccnc2c1c(Cl)nn2-c1ccc(F)cc1. The average molecular weight is 306 g/mol. The van der Waals surface area contributed by atoms with Gasteiger partial charge in [-0.15, -0.1) is 0 Å². The molecule has 2 heterocycles. The van der Waals surface area contributed by atoms with Gasteiger partial charge in [0.2, 0.25) is 0 Å². The maximum absolute atomic E-state index is 13.0. The first-order valence-corrected chi connectivity index (χ1v) is 6.49. The highest BCUT2D eigenvalue weighted by atomic mass is 35.5. The van der Waals surface area contributed by atoms with Gasteiger partial charge in [0, 0.05) is 13.3 Å². The molecule has 0 aliphatic rings. The van der Waals surface area contributed by atoms with Gasteiger partial charge in [-0.25, -0.2) is 14.1 Å². The molecule has 0 aliphatic carbocycles. The molecule has 1 aromatic carbocycles. The normalized spacial score (nSPS) is 11.0. The molecule has 0 unspecified atom stereocenters. The summed E-state index contributed by atoms with van der Waals surface area (Å²) in [4.78, 5) is 4.23. The van der Waals surface area contributed by atoms with Crippen LogP contribution in [0.3, 0.4) is 0 Å². The molecule has 0 fully saturated rings. The minimum Gasteiger partial charge on any atom is -0.423 e. The van der Waals surface area contributed by atoms with Gasteiger partial charge in [-0.1, -0.05) is 11.6 Å². The Hall–Kier alpha value is -1.96. The first kappa shape index (κ1) is 14.0. The fraction of sp³-hybridized carbons (Fsp3) is 0.0769. The van der Waals surface area contributed by atoms with Crippen LogP contribution in [0.1, 0.15) is 0 Å². The van der Waals surface area contributed by atoms with Gasteiger partial charge < -0.3 is 9.68 Å². The third-order valence-electron chi connectivity index (χ3n) is 3.12. The third kappa shape index (κ3) is 2.39. The van der Waals surface area contributed by atoms with Crippen molar-refractivity contribution >= 4 is 35.2 Å². The number of aromatic nitrogens is 3. The lowest BCUT2D eigenvalue weighted by Crippen LogP contribution is -2.33. The Kier molecular flexibility index (Phi) is 3.63. The number of hydrogen-bond donors (Lipinski definition) is 1. The second kappa shape index (κ2) is 5.44. The second-order valence-electron chi connectivity index (χ2n) is 4.37. The van der Waals surface area contributed by atoms with Crippen LogP contribution in [0.15, 0.2) is 36.5 Å². The number of pyridine rings is 1. The fourth-order valence-corrected chi connectivity index (χ4v) is 2.39. The van der Waals surface area contributed by atoms with Gasteiger partial charge in [0.25, 0.3) is 0 Å². The summed E-state index contributed by atoms with van der Waals surface area (Å²) >= 11 is 6.15. The number of nitrogens with zero attached hydrogens (tertiary/aromatic N) is 3. The summed E-state index contributed by atoms with van der Waals surface area (Å²) in [6, 6.07) is 7.40. The van der Waals surface area contributed by atoms with E-state index in [1.807, 2.05) is 0 Å². The van der Waals surface area contributed by atoms with E-state index in [4.69, 9.17) is 16.3 Å². The topological polar surface area (TPSA) is 60.2 Å². The molecule has 0 atom stereocenters. The van der Waals surface area contributed by atoms with Crippen molar-refractivity contribution in [3.63, 3.8) is 0 Å². The molecule has 1 N–H and O–H groups in total. The maximum atomic E-state index is 13.0. The Bertz CT molecular complexity index is 794. The Labute approximate surface area is 125 Å². The van der Waals surface area contributed by atoms with Crippen molar-refractivity contribution in [1.82, 2.24) is 14.8 Å². The first-order chi connectivity index (χ1) is 10.1. The highest BCUT2D eigenvalue weighted by molar-refractivity contribution is 6.64. The third-order valence-corrected chi connectivity index (χ3v) is 3.38. The summed E-state index contributed by atoms with van der Waals surface area (Å²) in [5.41, 5.74) is 1.55. The van der Waals surface area contributed by atoms with E-state index in [0.717, 1.165) is 0 Å². The molecule has 5 nitrogen and oxygen atoms in total. The molecular formula is C13H10BClFN3O2.